The molecule has 0 aliphatic carbocycles. The molecule has 14 heavy (non-hydrogen) atoms. The molecule has 1 aromatic rings. The minimum absolute atomic E-state index is 0.320. The number of carboxylic acids is 1. The Kier molecular flexibility index (Phi) is 3.77. The van der Waals surface area contributed by atoms with Gasteiger partial charge in [-0.15, -0.1) is 11.6 Å². The zero-order valence-electron chi connectivity index (χ0n) is 7.74. The van der Waals surface area contributed by atoms with Crippen LogP contribution in [0.2, 0.25) is 0 Å². The number of alkyl halides is 1. The second-order valence-corrected chi connectivity index (χ2v) is 3.38. The quantitative estimate of drug-likeness (QED) is 0.780. The molecule has 0 amide bonds. The van der Waals surface area contributed by atoms with E-state index in [0.29, 0.717) is 6.42 Å². The van der Waals surface area contributed by atoms with Crippen molar-refractivity contribution in [2.24, 2.45) is 0 Å². The summed E-state index contributed by atoms with van der Waals surface area (Å²) >= 11 is 5.59. The average molecular weight is 215 g/mol. The molecule has 0 fully saturated rings. The molecule has 1 rings (SSSR count). The lowest BCUT2D eigenvalue weighted by Gasteiger charge is -2.05. The summed E-state index contributed by atoms with van der Waals surface area (Å²) < 4.78 is 4.97. The molecular weight excluding hydrogens is 204 g/mol. The monoisotopic (exact) mass is 214 g/mol. The summed E-state index contributed by atoms with van der Waals surface area (Å²) in [5.41, 5.74) is 0.883. The minimum atomic E-state index is -0.998. The lowest BCUT2D eigenvalue weighted by Crippen LogP contribution is -2.15. The first kappa shape index (κ1) is 10.9. The first-order valence-corrected chi connectivity index (χ1v) is 4.57. The maximum Gasteiger partial charge on any atom is 0.321 e. The van der Waals surface area contributed by atoms with Crippen LogP contribution >= 0.6 is 11.6 Å². The molecule has 0 aliphatic rings. The van der Waals surface area contributed by atoms with Crippen molar-refractivity contribution in [1.82, 2.24) is 0 Å². The molecule has 0 aromatic heterocycles. The molecule has 0 radical (unpaired) electrons. The first-order chi connectivity index (χ1) is 6.63. The van der Waals surface area contributed by atoms with Crippen molar-refractivity contribution in [2.75, 3.05) is 7.11 Å². The van der Waals surface area contributed by atoms with Crippen LogP contribution in [0.1, 0.15) is 5.56 Å². The maximum absolute atomic E-state index is 10.5. The Morgan fingerprint density at radius 2 is 2.07 bits per heavy atom. The fourth-order valence-corrected chi connectivity index (χ4v) is 1.23. The molecule has 1 atom stereocenters. The molecule has 1 N–H and O–H groups in total. The van der Waals surface area contributed by atoms with E-state index in [1.165, 1.54) is 0 Å². The molecule has 0 spiro atoms. The third-order valence-electron chi connectivity index (χ3n) is 1.84. The third kappa shape index (κ3) is 2.92. The van der Waals surface area contributed by atoms with Crippen LogP contribution in [-0.4, -0.2) is 23.6 Å². The summed E-state index contributed by atoms with van der Waals surface area (Å²) in [5, 5.41) is 7.72. The zero-order valence-corrected chi connectivity index (χ0v) is 8.49. The van der Waals surface area contributed by atoms with Crippen molar-refractivity contribution in [2.45, 2.75) is 11.8 Å². The van der Waals surface area contributed by atoms with Gasteiger partial charge in [-0.05, 0) is 24.1 Å². The standard InChI is InChI=1S/C10H11ClO3/c1-14-8-4-2-7(3-5-8)6-9(11)10(12)13/h2-5,9H,6H2,1H3,(H,12,13)/t9-/m0/s1. The molecule has 0 bridgehead atoms. The number of benzene rings is 1. The van der Waals surface area contributed by atoms with E-state index in [4.69, 9.17) is 21.4 Å². The normalized spacial score (nSPS) is 12.1. The Hall–Kier alpha value is -1.22. The zero-order chi connectivity index (χ0) is 10.6. The number of aliphatic carboxylic acids is 1. The molecule has 0 saturated heterocycles. The summed E-state index contributed by atoms with van der Waals surface area (Å²) in [7, 11) is 1.58. The summed E-state index contributed by atoms with van der Waals surface area (Å²) in [6.07, 6.45) is 0.320. The molecule has 0 unspecified atom stereocenters. The van der Waals surface area contributed by atoms with Gasteiger partial charge in [0.05, 0.1) is 7.11 Å². The van der Waals surface area contributed by atoms with Crippen molar-refractivity contribution in [3.63, 3.8) is 0 Å². The predicted octanol–water partition coefficient (Wildman–Crippen LogP) is 1.93. The number of rotatable bonds is 4. The Morgan fingerprint density at radius 3 is 2.50 bits per heavy atom. The second kappa shape index (κ2) is 4.86. The minimum Gasteiger partial charge on any atom is -0.497 e. The summed E-state index contributed by atoms with van der Waals surface area (Å²) in [6, 6.07) is 7.16. The molecule has 1 aromatic carbocycles. The number of methoxy groups -OCH3 is 1. The lowest BCUT2D eigenvalue weighted by atomic mass is 10.1. The predicted molar refractivity (Wildman–Crippen MR) is 54.0 cm³/mol. The molecule has 4 heteroatoms. The van der Waals surface area contributed by atoms with E-state index in [2.05, 4.69) is 0 Å². The van der Waals surface area contributed by atoms with E-state index in [0.717, 1.165) is 11.3 Å². The smallest absolute Gasteiger partial charge is 0.321 e. The maximum atomic E-state index is 10.5. The number of ether oxygens (including phenoxy) is 1. The fourth-order valence-electron chi connectivity index (χ4n) is 1.06. The van der Waals surface area contributed by atoms with Gasteiger partial charge in [-0.3, -0.25) is 4.79 Å². The molecular formula is C10H11ClO3. The van der Waals surface area contributed by atoms with Crippen molar-refractivity contribution in [3.8, 4) is 5.75 Å². The number of hydrogen-bond acceptors (Lipinski definition) is 2. The summed E-state index contributed by atoms with van der Waals surface area (Å²) in [6.45, 7) is 0. The molecule has 0 aliphatic heterocycles. The summed E-state index contributed by atoms with van der Waals surface area (Å²) in [4.78, 5) is 10.5. The van der Waals surface area contributed by atoms with Gasteiger partial charge >= 0.3 is 5.97 Å². The van der Waals surface area contributed by atoms with Crippen LogP contribution in [0.25, 0.3) is 0 Å². The van der Waals surface area contributed by atoms with Crippen LogP contribution in [0.4, 0.5) is 0 Å². The van der Waals surface area contributed by atoms with Gasteiger partial charge in [0, 0.05) is 0 Å². The van der Waals surface area contributed by atoms with Gasteiger partial charge in [0.1, 0.15) is 11.1 Å². The van der Waals surface area contributed by atoms with Crippen molar-refractivity contribution in [1.29, 1.82) is 0 Å². The average Bonchev–Trinajstić information content (AvgIpc) is 2.19. The molecule has 0 saturated carbocycles. The molecule has 0 heterocycles. The van der Waals surface area contributed by atoms with Crippen LogP contribution in [-0.2, 0) is 11.2 Å². The van der Waals surface area contributed by atoms with Crippen LogP contribution in [0, 0.1) is 0 Å². The van der Waals surface area contributed by atoms with Gasteiger partial charge in [0.2, 0.25) is 0 Å². The lowest BCUT2D eigenvalue weighted by molar-refractivity contribution is -0.136. The van der Waals surface area contributed by atoms with Crippen LogP contribution in [0.3, 0.4) is 0 Å². The van der Waals surface area contributed by atoms with Crippen molar-refractivity contribution in [3.05, 3.63) is 29.8 Å². The second-order valence-electron chi connectivity index (χ2n) is 2.86. The van der Waals surface area contributed by atoms with Gasteiger partial charge in [-0.1, -0.05) is 12.1 Å². The molecule has 3 nitrogen and oxygen atoms in total. The van der Waals surface area contributed by atoms with E-state index >= 15 is 0 Å². The number of carbonyl (C=O) groups is 1. The van der Waals surface area contributed by atoms with Gasteiger partial charge in [0.15, 0.2) is 0 Å². The van der Waals surface area contributed by atoms with Crippen molar-refractivity contribution < 1.29 is 14.6 Å². The van der Waals surface area contributed by atoms with E-state index in [1.54, 1.807) is 31.4 Å². The Labute approximate surface area is 87.3 Å². The van der Waals surface area contributed by atoms with E-state index in [9.17, 15) is 4.79 Å². The van der Waals surface area contributed by atoms with Crippen LogP contribution in [0.15, 0.2) is 24.3 Å². The Balaban J connectivity index is 2.64. The highest BCUT2D eigenvalue weighted by atomic mass is 35.5. The first-order valence-electron chi connectivity index (χ1n) is 4.13. The van der Waals surface area contributed by atoms with Crippen LogP contribution < -0.4 is 4.74 Å². The highest BCUT2D eigenvalue weighted by Crippen LogP contribution is 2.14. The van der Waals surface area contributed by atoms with Gasteiger partial charge in [-0.2, -0.15) is 0 Å². The van der Waals surface area contributed by atoms with Gasteiger partial charge in [-0.25, -0.2) is 0 Å². The number of halogens is 1. The van der Waals surface area contributed by atoms with Crippen molar-refractivity contribution >= 4 is 17.6 Å². The highest BCUT2D eigenvalue weighted by Gasteiger charge is 2.13. The fraction of sp³-hybridized carbons (Fsp3) is 0.300. The van der Waals surface area contributed by atoms with Crippen LogP contribution in [0.5, 0.6) is 5.75 Å². The topological polar surface area (TPSA) is 46.5 Å². The number of carboxylic acid groups (broad SMARTS) is 1. The van der Waals surface area contributed by atoms with Gasteiger partial charge < -0.3 is 9.84 Å². The summed E-state index contributed by atoms with van der Waals surface area (Å²) in [5.74, 6) is -0.252. The van der Waals surface area contributed by atoms with E-state index < -0.39 is 11.3 Å². The Bertz CT molecular complexity index is 308. The van der Waals surface area contributed by atoms with Gasteiger partial charge in [0.25, 0.3) is 0 Å². The van der Waals surface area contributed by atoms with E-state index in [-0.39, 0.29) is 0 Å². The Morgan fingerprint density at radius 1 is 1.50 bits per heavy atom. The van der Waals surface area contributed by atoms with E-state index in [1.807, 2.05) is 0 Å². The SMILES string of the molecule is COc1ccc(C[C@H](Cl)C(=O)O)cc1. The third-order valence-corrected chi connectivity index (χ3v) is 2.18. The highest BCUT2D eigenvalue weighted by molar-refractivity contribution is 6.29. The largest absolute Gasteiger partial charge is 0.497 e. The number of hydrogen-bond donors (Lipinski definition) is 1. The molecule has 76 valence electrons.